The zero-order chi connectivity index (χ0) is 21.2. The zero-order valence-electron chi connectivity index (χ0n) is 17.0. The maximum atomic E-state index is 12.9. The van der Waals surface area contributed by atoms with Crippen molar-refractivity contribution in [3.05, 3.63) is 22.8 Å². The molecule has 3 heterocycles. The topological polar surface area (TPSA) is 75.4 Å². The number of carbonyl (C=O) groups excluding carboxylic acids is 1. The fourth-order valence-electron chi connectivity index (χ4n) is 3.89. The van der Waals surface area contributed by atoms with Crippen molar-refractivity contribution >= 4 is 11.7 Å². The number of aromatic nitrogens is 4. The van der Waals surface area contributed by atoms with Crippen molar-refractivity contribution in [1.29, 1.82) is 0 Å². The third-order valence-electron chi connectivity index (χ3n) is 5.57. The number of nitrogens with zero attached hydrogens (tertiary/aromatic N) is 5. The number of hydrogen-bond donors (Lipinski definition) is 1. The second kappa shape index (κ2) is 8.64. The van der Waals surface area contributed by atoms with E-state index in [4.69, 9.17) is 0 Å². The molecule has 3 rings (SSSR count). The van der Waals surface area contributed by atoms with E-state index in [1.54, 1.807) is 13.8 Å². The van der Waals surface area contributed by atoms with Crippen molar-refractivity contribution in [3.8, 4) is 0 Å². The first kappa shape index (κ1) is 21.5. The summed E-state index contributed by atoms with van der Waals surface area (Å²) in [5, 5.41) is 6.54. The van der Waals surface area contributed by atoms with Crippen LogP contribution in [0.25, 0.3) is 5.78 Å². The molecule has 10 heteroatoms. The summed E-state index contributed by atoms with van der Waals surface area (Å²) in [5.41, 5.74) is 1.80. The van der Waals surface area contributed by atoms with E-state index < -0.39 is 12.0 Å². The Kier molecular flexibility index (Phi) is 6.40. The van der Waals surface area contributed by atoms with Gasteiger partial charge in [0.05, 0.1) is 0 Å². The number of nitrogens with one attached hydrogen (secondary N) is 1. The predicted octanol–water partition coefficient (Wildman–Crippen LogP) is 2.68. The standard InChI is InChI=1S/C19H27F3N6O/c1-4-14(27-9-5-6-10-27)11-23-16(29)8-7-15-12(2)24-18-25-17(19(20,21)22)26-28(18)13(15)3/h14H,4-11H2,1-3H3,(H,23,29). The third-order valence-corrected chi connectivity index (χ3v) is 5.57. The molecule has 0 radical (unpaired) electrons. The zero-order valence-corrected chi connectivity index (χ0v) is 17.0. The van der Waals surface area contributed by atoms with Crippen molar-refractivity contribution in [2.75, 3.05) is 19.6 Å². The van der Waals surface area contributed by atoms with Crippen molar-refractivity contribution < 1.29 is 18.0 Å². The number of hydrogen-bond acceptors (Lipinski definition) is 5. The maximum Gasteiger partial charge on any atom is 0.453 e. The molecule has 1 N–H and O–H groups in total. The minimum atomic E-state index is -4.63. The van der Waals surface area contributed by atoms with Crippen LogP contribution in [0.4, 0.5) is 13.2 Å². The molecule has 1 saturated heterocycles. The van der Waals surface area contributed by atoms with Crippen LogP contribution < -0.4 is 5.32 Å². The Morgan fingerprint density at radius 2 is 1.90 bits per heavy atom. The number of aryl methyl sites for hydroxylation is 2. The fourth-order valence-corrected chi connectivity index (χ4v) is 3.89. The van der Waals surface area contributed by atoms with Gasteiger partial charge in [-0.05, 0) is 58.2 Å². The highest BCUT2D eigenvalue weighted by Gasteiger charge is 2.37. The van der Waals surface area contributed by atoms with Crippen molar-refractivity contribution in [1.82, 2.24) is 29.8 Å². The lowest BCUT2D eigenvalue weighted by Crippen LogP contribution is -2.42. The Bertz CT molecular complexity index is 873. The summed E-state index contributed by atoms with van der Waals surface area (Å²) < 4.78 is 39.7. The van der Waals surface area contributed by atoms with Crippen LogP contribution in [0.5, 0.6) is 0 Å². The summed E-state index contributed by atoms with van der Waals surface area (Å²) in [5.74, 6) is -1.37. The van der Waals surface area contributed by atoms with Crippen LogP contribution in [-0.4, -0.2) is 56.1 Å². The molecular weight excluding hydrogens is 385 g/mol. The molecule has 1 fully saturated rings. The van der Waals surface area contributed by atoms with E-state index in [1.165, 1.54) is 12.8 Å². The van der Waals surface area contributed by atoms with Gasteiger partial charge in [0.15, 0.2) is 0 Å². The molecule has 2 aromatic rings. The Morgan fingerprint density at radius 1 is 1.21 bits per heavy atom. The van der Waals surface area contributed by atoms with Crippen LogP contribution in [-0.2, 0) is 17.4 Å². The molecule has 29 heavy (non-hydrogen) atoms. The van der Waals surface area contributed by atoms with Gasteiger partial charge in [0.2, 0.25) is 5.91 Å². The van der Waals surface area contributed by atoms with Gasteiger partial charge in [-0.3, -0.25) is 9.69 Å². The highest BCUT2D eigenvalue weighted by atomic mass is 19.4. The van der Waals surface area contributed by atoms with Crippen molar-refractivity contribution in [3.63, 3.8) is 0 Å². The summed E-state index contributed by atoms with van der Waals surface area (Å²) in [6, 6.07) is 0.346. The molecule has 0 saturated carbocycles. The fraction of sp³-hybridized carbons (Fsp3) is 0.684. The summed E-state index contributed by atoms with van der Waals surface area (Å²) in [6.45, 7) is 8.28. The molecule has 160 valence electrons. The first-order chi connectivity index (χ1) is 13.7. The van der Waals surface area contributed by atoms with E-state index in [0.717, 1.165) is 29.6 Å². The summed E-state index contributed by atoms with van der Waals surface area (Å²) in [7, 11) is 0. The van der Waals surface area contributed by atoms with Gasteiger partial charge in [0.25, 0.3) is 11.6 Å². The Morgan fingerprint density at radius 3 is 2.52 bits per heavy atom. The third kappa shape index (κ3) is 4.85. The van der Waals surface area contributed by atoms with Gasteiger partial charge in [-0.2, -0.15) is 18.2 Å². The number of rotatable bonds is 7. The van der Waals surface area contributed by atoms with Gasteiger partial charge in [-0.15, -0.1) is 5.10 Å². The number of fused-ring (bicyclic) bond motifs is 1. The lowest BCUT2D eigenvalue weighted by Gasteiger charge is -2.26. The molecule has 0 bridgehead atoms. The Labute approximate surface area is 167 Å². The summed E-state index contributed by atoms with van der Waals surface area (Å²) in [6.07, 6.45) is -0.611. The highest BCUT2D eigenvalue weighted by Crippen LogP contribution is 2.27. The van der Waals surface area contributed by atoms with Gasteiger partial charge in [0.1, 0.15) is 0 Å². The lowest BCUT2D eigenvalue weighted by molar-refractivity contribution is -0.144. The van der Waals surface area contributed by atoms with E-state index in [0.29, 0.717) is 30.4 Å². The first-order valence-electron chi connectivity index (χ1n) is 10.0. The molecule has 1 unspecified atom stereocenters. The van der Waals surface area contributed by atoms with Gasteiger partial charge in [-0.1, -0.05) is 6.92 Å². The van der Waals surface area contributed by atoms with Gasteiger partial charge < -0.3 is 5.32 Å². The molecule has 0 spiro atoms. The molecule has 1 atom stereocenters. The average Bonchev–Trinajstić information content (AvgIpc) is 3.31. The van der Waals surface area contributed by atoms with Crippen LogP contribution in [0.3, 0.4) is 0 Å². The molecular formula is C19H27F3N6O. The van der Waals surface area contributed by atoms with Gasteiger partial charge in [-0.25, -0.2) is 9.50 Å². The normalized spacial score (nSPS) is 16.5. The molecule has 1 amide bonds. The predicted molar refractivity (Wildman–Crippen MR) is 101 cm³/mol. The number of amides is 1. The SMILES string of the molecule is CCC(CNC(=O)CCc1c(C)nc2nc(C(F)(F)F)nn2c1C)N1CCCC1. The van der Waals surface area contributed by atoms with Crippen molar-refractivity contribution in [2.45, 2.75) is 65.1 Å². The van der Waals surface area contributed by atoms with E-state index in [2.05, 4.69) is 32.2 Å². The molecule has 0 aliphatic carbocycles. The minimum Gasteiger partial charge on any atom is -0.355 e. The second-order valence-corrected chi connectivity index (χ2v) is 7.52. The van der Waals surface area contributed by atoms with E-state index in [1.807, 2.05) is 0 Å². The minimum absolute atomic E-state index is 0.0730. The van der Waals surface area contributed by atoms with Gasteiger partial charge >= 0.3 is 6.18 Å². The number of alkyl halides is 3. The van der Waals surface area contributed by atoms with Crippen LogP contribution in [0.15, 0.2) is 0 Å². The summed E-state index contributed by atoms with van der Waals surface area (Å²) >= 11 is 0. The smallest absolute Gasteiger partial charge is 0.355 e. The Balaban J connectivity index is 1.64. The number of halogens is 3. The van der Waals surface area contributed by atoms with E-state index >= 15 is 0 Å². The van der Waals surface area contributed by atoms with E-state index in [9.17, 15) is 18.0 Å². The highest BCUT2D eigenvalue weighted by molar-refractivity contribution is 5.76. The Hall–Kier alpha value is -2.23. The molecule has 7 nitrogen and oxygen atoms in total. The molecule has 1 aliphatic rings. The molecule has 0 aromatic carbocycles. The number of likely N-dealkylation sites (tertiary alicyclic amines) is 1. The maximum absolute atomic E-state index is 12.9. The monoisotopic (exact) mass is 412 g/mol. The van der Waals surface area contributed by atoms with Crippen LogP contribution in [0.1, 0.15) is 55.4 Å². The quantitative estimate of drug-likeness (QED) is 0.757. The van der Waals surface area contributed by atoms with Crippen LogP contribution in [0.2, 0.25) is 0 Å². The van der Waals surface area contributed by atoms with Crippen molar-refractivity contribution in [2.24, 2.45) is 0 Å². The van der Waals surface area contributed by atoms with Crippen LogP contribution in [0, 0.1) is 13.8 Å². The lowest BCUT2D eigenvalue weighted by atomic mass is 10.1. The summed E-state index contributed by atoms with van der Waals surface area (Å²) in [4.78, 5) is 22.4. The molecule has 2 aromatic heterocycles. The number of carbonyl (C=O) groups is 1. The molecule has 1 aliphatic heterocycles. The van der Waals surface area contributed by atoms with Crippen LogP contribution >= 0.6 is 0 Å². The van der Waals surface area contributed by atoms with E-state index in [-0.39, 0.29) is 18.1 Å². The largest absolute Gasteiger partial charge is 0.453 e. The van der Waals surface area contributed by atoms with Gasteiger partial charge in [0, 0.05) is 30.4 Å². The second-order valence-electron chi connectivity index (χ2n) is 7.52. The average molecular weight is 412 g/mol. The first-order valence-corrected chi connectivity index (χ1v) is 10.0.